The van der Waals surface area contributed by atoms with Gasteiger partial charge in [0.05, 0.1) is 4.92 Å². The molecule has 0 radical (unpaired) electrons. The van der Waals surface area contributed by atoms with Gasteiger partial charge in [0, 0.05) is 28.5 Å². The van der Waals surface area contributed by atoms with Crippen LogP contribution in [0, 0.1) is 15.9 Å². The molecule has 0 unspecified atom stereocenters. The minimum atomic E-state index is -0.436. The van der Waals surface area contributed by atoms with Gasteiger partial charge in [0.1, 0.15) is 5.82 Å². The Balaban J connectivity index is 2.04. The standard InChI is InChI=1S/C13H11FN2O2S/c14-10-3-6-13(12(15)7-10)19-8-9-1-4-11(5-2-9)16(17)18/h1-7H,8,15H2. The fourth-order valence-corrected chi connectivity index (χ4v) is 2.43. The maximum atomic E-state index is 12.9. The molecule has 98 valence electrons. The number of nitrogens with zero attached hydrogens (tertiary/aromatic N) is 1. The molecule has 0 fully saturated rings. The van der Waals surface area contributed by atoms with Crippen molar-refractivity contribution >= 4 is 23.1 Å². The Morgan fingerprint density at radius 2 is 1.89 bits per heavy atom. The van der Waals surface area contributed by atoms with Crippen molar-refractivity contribution in [2.45, 2.75) is 10.6 Å². The SMILES string of the molecule is Nc1cc(F)ccc1SCc1ccc([N+](=O)[O-])cc1. The maximum absolute atomic E-state index is 12.9. The Hall–Kier alpha value is -2.08. The molecule has 2 N–H and O–H groups in total. The summed E-state index contributed by atoms with van der Waals surface area (Å²) in [5.41, 5.74) is 7.10. The molecule has 19 heavy (non-hydrogen) atoms. The molecule has 0 bridgehead atoms. The number of benzene rings is 2. The van der Waals surface area contributed by atoms with E-state index in [1.807, 2.05) is 0 Å². The van der Waals surface area contributed by atoms with E-state index in [1.165, 1.54) is 36.0 Å². The van der Waals surface area contributed by atoms with Gasteiger partial charge in [-0.1, -0.05) is 12.1 Å². The van der Waals surface area contributed by atoms with Crippen LogP contribution in [0.5, 0.6) is 0 Å². The van der Waals surface area contributed by atoms with Gasteiger partial charge < -0.3 is 5.73 Å². The lowest BCUT2D eigenvalue weighted by molar-refractivity contribution is -0.384. The van der Waals surface area contributed by atoms with Gasteiger partial charge in [-0.05, 0) is 23.8 Å². The molecule has 0 saturated heterocycles. The van der Waals surface area contributed by atoms with E-state index < -0.39 is 4.92 Å². The number of thioether (sulfide) groups is 1. The zero-order chi connectivity index (χ0) is 13.8. The molecular weight excluding hydrogens is 267 g/mol. The summed E-state index contributed by atoms with van der Waals surface area (Å²) in [6, 6.07) is 10.6. The van der Waals surface area contributed by atoms with Crippen molar-refractivity contribution in [2.24, 2.45) is 0 Å². The second kappa shape index (κ2) is 5.71. The highest BCUT2D eigenvalue weighted by atomic mass is 32.2. The fraction of sp³-hybridized carbons (Fsp3) is 0.0769. The van der Waals surface area contributed by atoms with Crippen LogP contribution in [-0.4, -0.2) is 4.92 Å². The number of rotatable bonds is 4. The third-order valence-electron chi connectivity index (χ3n) is 2.51. The summed E-state index contributed by atoms with van der Waals surface area (Å²) < 4.78 is 12.9. The summed E-state index contributed by atoms with van der Waals surface area (Å²) >= 11 is 1.46. The second-order valence-corrected chi connectivity index (χ2v) is 4.91. The smallest absolute Gasteiger partial charge is 0.269 e. The lowest BCUT2D eigenvalue weighted by Gasteiger charge is -2.05. The van der Waals surface area contributed by atoms with Gasteiger partial charge in [0.25, 0.3) is 5.69 Å². The lowest BCUT2D eigenvalue weighted by Crippen LogP contribution is -1.91. The predicted molar refractivity (Wildman–Crippen MR) is 73.5 cm³/mol. The number of non-ortho nitro benzene ring substituents is 1. The van der Waals surface area contributed by atoms with Crippen molar-refractivity contribution in [3.05, 3.63) is 64.0 Å². The largest absolute Gasteiger partial charge is 0.398 e. The summed E-state index contributed by atoms with van der Waals surface area (Å²) in [5.74, 6) is 0.255. The third-order valence-corrected chi connectivity index (χ3v) is 3.67. The first kappa shape index (κ1) is 13.4. The van der Waals surface area contributed by atoms with E-state index in [9.17, 15) is 14.5 Å². The number of anilines is 1. The zero-order valence-electron chi connectivity index (χ0n) is 9.88. The van der Waals surface area contributed by atoms with Crippen LogP contribution in [0.1, 0.15) is 5.56 Å². The summed E-state index contributed by atoms with van der Waals surface area (Å²) in [6.45, 7) is 0. The highest BCUT2D eigenvalue weighted by Gasteiger charge is 2.05. The molecule has 4 nitrogen and oxygen atoms in total. The van der Waals surface area contributed by atoms with E-state index in [0.29, 0.717) is 11.4 Å². The molecule has 0 aliphatic heterocycles. The molecular formula is C13H11FN2O2S. The van der Waals surface area contributed by atoms with Crippen LogP contribution >= 0.6 is 11.8 Å². The molecule has 2 aromatic carbocycles. The monoisotopic (exact) mass is 278 g/mol. The van der Waals surface area contributed by atoms with Crippen LogP contribution in [0.25, 0.3) is 0 Å². The van der Waals surface area contributed by atoms with Crippen molar-refractivity contribution in [3.63, 3.8) is 0 Å². The van der Waals surface area contributed by atoms with Crippen LogP contribution in [0.15, 0.2) is 47.4 Å². The van der Waals surface area contributed by atoms with Gasteiger partial charge in [0.2, 0.25) is 0 Å². The maximum Gasteiger partial charge on any atom is 0.269 e. The first-order chi connectivity index (χ1) is 9.06. The molecule has 0 amide bonds. The van der Waals surface area contributed by atoms with Crippen molar-refractivity contribution in [3.8, 4) is 0 Å². The van der Waals surface area contributed by atoms with Gasteiger partial charge >= 0.3 is 0 Å². The van der Waals surface area contributed by atoms with E-state index in [0.717, 1.165) is 10.5 Å². The average molecular weight is 278 g/mol. The van der Waals surface area contributed by atoms with E-state index in [1.54, 1.807) is 18.2 Å². The average Bonchev–Trinajstić information content (AvgIpc) is 2.38. The van der Waals surface area contributed by atoms with Crippen LogP contribution in [-0.2, 0) is 5.75 Å². The van der Waals surface area contributed by atoms with E-state index in [-0.39, 0.29) is 11.5 Å². The molecule has 0 aromatic heterocycles. The summed E-state index contributed by atoms with van der Waals surface area (Å²) in [5, 5.41) is 10.5. The number of nitrogens with two attached hydrogens (primary N) is 1. The summed E-state index contributed by atoms with van der Waals surface area (Å²) in [7, 11) is 0. The van der Waals surface area contributed by atoms with Crippen LogP contribution in [0.2, 0.25) is 0 Å². The second-order valence-electron chi connectivity index (χ2n) is 3.89. The minimum absolute atomic E-state index is 0.0649. The summed E-state index contributed by atoms with van der Waals surface area (Å²) in [4.78, 5) is 10.9. The van der Waals surface area contributed by atoms with Crippen molar-refractivity contribution in [1.29, 1.82) is 0 Å². The third kappa shape index (κ3) is 3.45. The molecule has 0 heterocycles. The molecule has 2 rings (SSSR count). The van der Waals surface area contributed by atoms with Crippen LogP contribution in [0.3, 0.4) is 0 Å². The van der Waals surface area contributed by atoms with Crippen LogP contribution in [0.4, 0.5) is 15.8 Å². The van der Waals surface area contributed by atoms with Crippen molar-refractivity contribution in [2.75, 3.05) is 5.73 Å². The number of nitro benzene ring substituents is 1. The molecule has 0 aliphatic carbocycles. The first-order valence-corrected chi connectivity index (χ1v) is 6.46. The van der Waals surface area contributed by atoms with Gasteiger partial charge in [-0.3, -0.25) is 10.1 Å². The number of hydrogen-bond donors (Lipinski definition) is 1. The predicted octanol–water partition coefficient (Wildman–Crippen LogP) is 3.61. The van der Waals surface area contributed by atoms with Gasteiger partial charge in [-0.2, -0.15) is 0 Å². The number of nitro groups is 1. The molecule has 6 heteroatoms. The van der Waals surface area contributed by atoms with Gasteiger partial charge in [0.15, 0.2) is 0 Å². The Bertz CT molecular complexity index is 602. The highest BCUT2D eigenvalue weighted by molar-refractivity contribution is 7.98. The summed E-state index contributed by atoms with van der Waals surface area (Å²) in [6.07, 6.45) is 0. The molecule has 0 saturated carbocycles. The van der Waals surface area contributed by atoms with Crippen LogP contribution < -0.4 is 5.73 Å². The number of halogens is 1. The van der Waals surface area contributed by atoms with Gasteiger partial charge in [-0.25, -0.2) is 4.39 Å². The molecule has 0 spiro atoms. The van der Waals surface area contributed by atoms with E-state index >= 15 is 0 Å². The number of hydrogen-bond acceptors (Lipinski definition) is 4. The Morgan fingerprint density at radius 3 is 2.47 bits per heavy atom. The molecule has 2 aromatic rings. The Kier molecular flexibility index (Phi) is 4.01. The first-order valence-electron chi connectivity index (χ1n) is 5.47. The van der Waals surface area contributed by atoms with Crippen molar-refractivity contribution in [1.82, 2.24) is 0 Å². The fourth-order valence-electron chi connectivity index (χ4n) is 1.53. The Labute approximate surface area is 113 Å². The highest BCUT2D eigenvalue weighted by Crippen LogP contribution is 2.29. The van der Waals surface area contributed by atoms with E-state index in [4.69, 9.17) is 5.73 Å². The quantitative estimate of drug-likeness (QED) is 0.401. The number of nitrogen functional groups attached to an aromatic ring is 1. The zero-order valence-corrected chi connectivity index (χ0v) is 10.7. The topological polar surface area (TPSA) is 69.2 Å². The molecule has 0 aliphatic rings. The minimum Gasteiger partial charge on any atom is -0.398 e. The lowest BCUT2D eigenvalue weighted by atomic mass is 10.2. The Morgan fingerprint density at radius 1 is 1.21 bits per heavy atom. The normalized spacial score (nSPS) is 10.4. The van der Waals surface area contributed by atoms with E-state index in [2.05, 4.69) is 0 Å². The molecule has 0 atom stereocenters. The van der Waals surface area contributed by atoms with Gasteiger partial charge in [-0.15, -0.1) is 11.8 Å². The van der Waals surface area contributed by atoms with Crippen molar-refractivity contribution < 1.29 is 9.31 Å².